The van der Waals surface area contributed by atoms with Crippen LogP contribution in [0.2, 0.25) is 0 Å². The molecule has 2 heterocycles. The summed E-state index contributed by atoms with van der Waals surface area (Å²) in [7, 11) is 4.18. The summed E-state index contributed by atoms with van der Waals surface area (Å²) >= 11 is 0. The third kappa shape index (κ3) is 4.96. The lowest BCUT2D eigenvalue weighted by Crippen LogP contribution is -2.41. The fourth-order valence-electron chi connectivity index (χ4n) is 3.74. The van der Waals surface area contributed by atoms with E-state index in [9.17, 15) is 9.90 Å². The number of aryl methyl sites for hydroxylation is 1. The van der Waals surface area contributed by atoms with Gasteiger partial charge in [-0.3, -0.25) is 4.79 Å². The molecule has 0 spiro atoms. The van der Waals surface area contributed by atoms with E-state index in [-0.39, 0.29) is 5.91 Å². The number of hydrogen-bond acceptors (Lipinski definition) is 4. The number of imidazole rings is 1. The number of benzene rings is 1. The van der Waals surface area contributed by atoms with Crippen LogP contribution in [0.4, 0.5) is 0 Å². The Morgan fingerprint density at radius 3 is 2.63 bits per heavy atom. The molecule has 0 bridgehead atoms. The molecule has 1 amide bonds. The number of aliphatic hydroxyl groups excluding tert-OH is 1. The van der Waals surface area contributed by atoms with Crippen molar-refractivity contribution in [1.29, 1.82) is 0 Å². The summed E-state index contributed by atoms with van der Waals surface area (Å²) in [5.41, 5.74) is 0.654. The fraction of sp³-hybridized carbons (Fsp3) is 0.524. The number of aromatic nitrogens is 2. The molecule has 1 aromatic heterocycles. The Kier molecular flexibility index (Phi) is 6.63. The molecule has 0 radical (unpaired) electrons. The van der Waals surface area contributed by atoms with Gasteiger partial charge in [-0.05, 0) is 45.5 Å². The van der Waals surface area contributed by atoms with Crippen LogP contribution in [-0.4, -0.2) is 64.1 Å². The van der Waals surface area contributed by atoms with Crippen molar-refractivity contribution >= 4 is 5.91 Å². The third-order valence-corrected chi connectivity index (χ3v) is 5.27. The van der Waals surface area contributed by atoms with Gasteiger partial charge in [-0.25, -0.2) is 4.98 Å². The highest BCUT2D eigenvalue weighted by atomic mass is 16.3. The number of amides is 1. The van der Waals surface area contributed by atoms with Crippen molar-refractivity contribution in [1.82, 2.24) is 19.4 Å². The van der Waals surface area contributed by atoms with Gasteiger partial charge in [-0.15, -0.1) is 0 Å². The maximum Gasteiger partial charge on any atom is 0.256 e. The van der Waals surface area contributed by atoms with Crippen molar-refractivity contribution < 1.29 is 9.90 Å². The summed E-state index contributed by atoms with van der Waals surface area (Å²) in [6.45, 7) is 3.36. The van der Waals surface area contributed by atoms with Crippen LogP contribution in [-0.2, 0) is 11.3 Å². The number of aliphatic hydroxyl groups is 1. The topological polar surface area (TPSA) is 61.6 Å². The lowest BCUT2D eigenvalue weighted by atomic mass is 9.95. The van der Waals surface area contributed by atoms with E-state index in [4.69, 9.17) is 0 Å². The summed E-state index contributed by atoms with van der Waals surface area (Å²) in [4.78, 5) is 21.2. The first-order valence-corrected chi connectivity index (χ1v) is 9.74. The molecule has 1 aromatic carbocycles. The van der Waals surface area contributed by atoms with Gasteiger partial charge in [-0.1, -0.05) is 30.3 Å². The summed E-state index contributed by atoms with van der Waals surface area (Å²) < 4.78 is 2.25. The minimum atomic E-state index is -1.07. The summed E-state index contributed by atoms with van der Waals surface area (Å²) in [6, 6.07) is 9.15. The lowest BCUT2D eigenvalue weighted by molar-refractivity contribution is -0.141. The lowest BCUT2D eigenvalue weighted by Gasteiger charge is -2.33. The number of carbonyl (C=O) groups excluding carboxylic acids is 1. The van der Waals surface area contributed by atoms with Crippen LogP contribution in [0.25, 0.3) is 0 Å². The summed E-state index contributed by atoms with van der Waals surface area (Å²) in [6.07, 6.45) is 5.73. The number of rotatable bonds is 7. The van der Waals surface area contributed by atoms with Gasteiger partial charge in [0.15, 0.2) is 6.10 Å². The molecule has 1 fully saturated rings. The van der Waals surface area contributed by atoms with E-state index < -0.39 is 6.10 Å². The molecule has 3 rings (SSSR count). The van der Waals surface area contributed by atoms with E-state index in [1.807, 2.05) is 24.4 Å². The van der Waals surface area contributed by atoms with Gasteiger partial charge in [0.05, 0.1) is 0 Å². The molecule has 0 saturated carbocycles. The highest BCUT2D eigenvalue weighted by molar-refractivity contribution is 5.82. The maximum absolute atomic E-state index is 12.6. The van der Waals surface area contributed by atoms with E-state index in [0.29, 0.717) is 24.6 Å². The second-order valence-electron chi connectivity index (χ2n) is 7.55. The molecule has 1 atom stereocenters. The molecule has 27 heavy (non-hydrogen) atoms. The second-order valence-corrected chi connectivity index (χ2v) is 7.55. The Balaban J connectivity index is 1.55. The number of hydrogen-bond donors (Lipinski definition) is 1. The first-order chi connectivity index (χ1) is 13.1. The number of piperidine rings is 1. The number of likely N-dealkylation sites (tertiary alicyclic amines) is 1. The van der Waals surface area contributed by atoms with Crippen LogP contribution in [0.15, 0.2) is 42.7 Å². The van der Waals surface area contributed by atoms with Gasteiger partial charge in [-0.2, -0.15) is 0 Å². The van der Waals surface area contributed by atoms with E-state index in [1.165, 1.54) is 0 Å². The minimum Gasteiger partial charge on any atom is -0.378 e. The highest BCUT2D eigenvalue weighted by Crippen LogP contribution is 2.28. The zero-order valence-electron chi connectivity index (χ0n) is 16.3. The quantitative estimate of drug-likeness (QED) is 0.812. The first kappa shape index (κ1) is 19.6. The molecular formula is C21H30N4O2. The van der Waals surface area contributed by atoms with Crippen LogP contribution >= 0.6 is 0 Å². The van der Waals surface area contributed by atoms with Gasteiger partial charge in [0.1, 0.15) is 5.82 Å². The molecule has 0 unspecified atom stereocenters. The molecule has 1 N–H and O–H groups in total. The molecule has 2 aromatic rings. The summed E-state index contributed by atoms with van der Waals surface area (Å²) in [5.74, 6) is 1.30. The summed E-state index contributed by atoms with van der Waals surface area (Å²) in [5, 5.41) is 10.4. The van der Waals surface area contributed by atoms with Crippen molar-refractivity contribution in [2.45, 2.75) is 37.8 Å². The van der Waals surface area contributed by atoms with Crippen LogP contribution in [0.3, 0.4) is 0 Å². The molecule has 1 aliphatic heterocycles. The molecule has 1 saturated heterocycles. The Labute approximate surface area is 161 Å². The minimum absolute atomic E-state index is 0.200. The molecule has 146 valence electrons. The van der Waals surface area contributed by atoms with Crippen molar-refractivity contribution in [3.05, 3.63) is 54.1 Å². The van der Waals surface area contributed by atoms with E-state index in [0.717, 1.165) is 38.2 Å². The Morgan fingerprint density at radius 1 is 1.26 bits per heavy atom. The Hall–Kier alpha value is -2.18. The van der Waals surface area contributed by atoms with Crippen molar-refractivity contribution in [2.75, 3.05) is 33.7 Å². The van der Waals surface area contributed by atoms with Gasteiger partial charge in [0.2, 0.25) is 0 Å². The number of nitrogens with zero attached hydrogens (tertiary/aromatic N) is 4. The zero-order valence-corrected chi connectivity index (χ0v) is 16.3. The predicted octanol–water partition coefficient (Wildman–Crippen LogP) is 2.27. The van der Waals surface area contributed by atoms with Crippen LogP contribution in [0.1, 0.15) is 42.7 Å². The zero-order chi connectivity index (χ0) is 19.2. The monoisotopic (exact) mass is 370 g/mol. The molecule has 0 aliphatic carbocycles. The number of carbonyl (C=O) groups is 1. The standard InChI is InChI=1S/C21H30N4O2/c1-23(2)12-6-13-24-16-11-22-20(24)18-9-14-25(15-10-18)21(27)19(26)17-7-4-3-5-8-17/h3-5,7-8,11,16,18-19,26H,6,9-10,12-15H2,1-2H3/t19-/m0/s1. The average molecular weight is 370 g/mol. The van der Waals surface area contributed by atoms with Crippen LogP contribution < -0.4 is 0 Å². The molecular weight excluding hydrogens is 340 g/mol. The highest BCUT2D eigenvalue weighted by Gasteiger charge is 2.29. The van der Waals surface area contributed by atoms with E-state index in [2.05, 4.69) is 34.7 Å². The predicted molar refractivity (Wildman–Crippen MR) is 105 cm³/mol. The molecule has 6 nitrogen and oxygen atoms in total. The first-order valence-electron chi connectivity index (χ1n) is 9.74. The average Bonchev–Trinajstić information content (AvgIpc) is 3.16. The Bertz CT molecular complexity index is 721. The second kappa shape index (κ2) is 9.15. The molecule has 6 heteroatoms. The van der Waals surface area contributed by atoms with Gasteiger partial charge < -0.3 is 19.5 Å². The largest absolute Gasteiger partial charge is 0.378 e. The maximum atomic E-state index is 12.6. The van der Waals surface area contributed by atoms with Crippen LogP contribution in [0, 0.1) is 0 Å². The smallest absolute Gasteiger partial charge is 0.256 e. The third-order valence-electron chi connectivity index (χ3n) is 5.27. The van der Waals surface area contributed by atoms with E-state index >= 15 is 0 Å². The fourth-order valence-corrected chi connectivity index (χ4v) is 3.74. The van der Waals surface area contributed by atoms with Crippen molar-refractivity contribution in [3.8, 4) is 0 Å². The SMILES string of the molecule is CN(C)CCCn1ccnc1C1CCN(C(=O)[C@@H](O)c2ccccc2)CC1. The van der Waals surface area contributed by atoms with Gasteiger partial charge in [0, 0.05) is 37.9 Å². The molecule has 1 aliphatic rings. The normalized spacial score (nSPS) is 16.7. The van der Waals surface area contributed by atoms with Gasteiger partial charge >= 0.3 is 0 Å². The Morgan fingerprint density at radius 2 is 1.96 bits per heavy atom. The van der Waals surface area contributed by atoms with E-state index in [1.54, 1.807) is 17.0 Å². The van der Waals surface area contributed by atoms with Crippen molar-refractivity contribution in [2.24, 2.45) is 0 Å². The van der Waals surface area contributed by atoms with Crippen molar-refractivity contribution in [3.63, 3.8) is 0 Å². The van der Waals surface area contributed by atoms with Crippen LogP contribution in [0.5, 0.6) is 0 Å². The van der Waals surface area contributed by atoms with Gasteiger partial charge in [0.25, 0.3) is 5.91 Å².